The number of carboxylic acid groups (broad SMARTS) is 1. The average molecular weight is 341 g/mol. The van der Waals surface area contributed by atoms with Crippen LogP contribution in [0.4, 0.5) is 0 Å². The second-order valence-corrected chi connectivity index (χ2v) is 5.66. The quantitative estimate of drug-likeness (QED) is 0.282. The molecule has 0 aliphatic heterocycles. The van der Waals surface area contributed by atoms with Gasteiger partial charge in [0.2, 0.25) is 0 Å². The molecule has 0 atom stereocenters. The number of ether oxygens (including phenoxy) is 1. The number of aliphatic carboxylic acids is 1. The van der Waals surface area contributed by atoms with Gasteiger partial charge in [-0.2, -0.15) is 0 Å². The standard InChI is InChI=1S/2C10H18O2/c1-3-5-6-7-8-9(4-2)10(11)12;1-3-5-6-7-9-12-10(11)8-4-2/h4H,3,5-8H2,1-2H3,(H,11,12);4,8H,3,5-7,9H2,1-2H3/b9-4+;8-4+. The molecule has 0 radical (unpaired) electrons. The van der Waals surface area contributed by atoms with Crippen LogP contribution in [0.3, 0.4) is 0 Å². The molecular weight excluding hydrogens is 304 g/mol. The fourth-order valence-corrected chi connectivity index (χ4v) is 2.00. The van der Waals surface area contributed by atoms with Crippen molar-refractivity contribution in [2.75, 3.05) is 6.61 Å². The summed E-state index contributed by atoms with van der Waals surface area (Å²) < 4.78 is 4.90. The number of hydrogen-bond acceptors (Lipinski definition) is 3. The molecule has 0 aliphatic carbocycles. The van der Waals surface area contributed by atoms with Gasteiger partial charge in [-0.25, -0.2) is 9.59 Å². The van der Waals surface area contributed by atoms with Crippen LogP contribution < -0.4 is 0 Å². The zero-order chi connectivity index (χ0) is 18.6. The Balaban J connectivity index is 0. The lowest BCUT2D eigenvalue weighted by Gasteiger charge is -2.00. The normalized spacial score (nSPS) is 11.1. The van der Waals surface area contributed by atoms with E-state index in [2.05, 4.69) is 13.8 Å². The van der Waals surface area contributed by atoms with Crippen molar-refractivity contribution in [1.29, 1.82) is 0 Å². The molecule has 1 N–H and O–H groups in total. The zero-order valence-corrected chi connectivity index (χ0v) is 16.0. The zero-order valence-electron chi connectivity index (χ0n) is 16.0. The van der Waals surface area contributed by atoms with Gasteiger partial charge in [0, 0.05) is 11.6 Å². The summed E-state index contributed by atoms with van der Waals surface area (Å²) in [6, 6.07) is 0. The lowest BCUT2D eigenvalue weighted by molar-refractivity contribution is -0.138. The minimum Gasteiger partial charge on any atom is -0.478 e. The van der Waals surface area contributed by atoms with Crippen molar-refractivity contribution in [3.8, 4) is 0 Å². The fourth-order valence-electron chi connectivity index (χ4n) is 2.00. The Morgan fingerprint density at radius 1 is 0.917 bits per heavy atom. The molecular formula is C20H36O4. The average Bonchev–Trinajstić information content (AvgIpc) is 2.55. The second kappa shape index (κ2) is 19.5. The Bertz CT molecular complexity index is 368. The summed E-state index contributed by atoms with van der Waals surface area (Å²) in [7, 11) is 0. The first-order valence-corrected chi connectivity index (χ1v) is 9.21. The van der Waals surface area contributed by atoms with Gasteiger partial charge in [-0.05, 0) is 33.1 Å². The Morgan fingerprint density at radius 2 is 1.50 bits per heavy atom. The second-order valence-electron chi connectivity index (χ2n) is 5.66. The highest BCUT2D eigenvalue weighted by atomic mass is 16.5. The van der Waals surface area contributed by atoms with E-state index in [1.165, 1.54) is 31.8 Å². The number of allylic oxidation sites excluding steroid dienone is 2. The first kappa shape index (κ1) is 24.7. The van der Waals surface area contributed by atoms with Gasteiger partial charge in [0.25, 0.3) is 0 Å². The molecule has 0 saturated heterocycles. The molecule has 0 aromatic carbocycles. The van der Waals surface area contributed by atoms with Gasteiger partial charge in [-0.15, -0.1) is 0 Å². The Kier molecular flexibility index (Phi) is 20.0. The molecule has 4 nitrogen and oxygen atoms in total. The van der Waals surface area contributed by atoms with Crippen LogP contribution in [0.1, 0.15) is 85.5 Å². The highest BCUT2D eigenvalue weighted by Gasteiger charge is 2.03. The van der Waals surface area contributed by atoms with Crippen LogP contribution >= 0.6 is 0 Å². The molecule has 0 bridgehead atoms. The summed E-state index contributed by atoms with van der Waals surface area (Å²) in [5, 5.41) is 8.66. The van der Waals surface area contributed by atoms with Crippen LogP contribution in [0.5, 0.6) is 0 Å². The van der Waals surface area contributed by atoms with Crippen molar-refractivity contribution < 1.29 is 19.4 Å². The van der Waals surface area contributed by atoms with Crippen molar-refractivity contribution in [2.24, 2.45) is 0 Å². The van der Waals surface area contributed by atoms with Crippen molar-refractivity contribution in [2.45, 2.75) is 85.5 Å². The van der Waals surface area contributed by atoms with Gasteiger partial charge in [-0.1, -0.05) is 64.5 Å². The SMILES string of the molecule is C/C=C(\CCCCCC)C(=O)O.C/C=C/C(=O)OCCCCCC. The highest BCUT2D eigenvalue weighted by Crippen LogP contribution is 2.09. The minimum atomic E-state index is -0.769. The molecule has 0 aliphatic rings. The Labute approximate surface area is 148 Å². The number of carbonyl (C=O) groups excluding carboxylic acids is 1. The van der Waals surface area contributed by atoms with Crippen molar-refractivity contribution in [1.82, 2.24) is 0 Å². The van der Waals surface area contributed by atoms with E-state index in [4.69, 9.17) is 9.84 Å². The van der Waals surface area contributed by atoms with E-state index < -0.39 is 5.97 Å². The van der Waals surface area contributed by atoms with Crippen molar-refractivity contribution in [3.05, 3.63) is 23.8 Å². The van der Waals surface area contributed by atoms with E-state index in [0.717, 1.165) is 25.7 Å². The molecule has 4 heteroatoms. The van der Waals surface area contributed by atoms with Gasteiger partial charge in [0.1, 0.15) is 0 Å². The lowest BCUT2D eigenvalue weighted by Crippen LogP contribution is -2.01. The number of esters is 1. The number of unbranched alkanes of at least 4 members (excludes halogenated alkanes) is 6. The van der Waals surface area contributed by atoms with Crippen molar-refractivity contribution >= 4 is 11.9 Å². The van der Waals surface area contributed by atoms with Crippen LogP contribution in [0.15, 0.2) is 23.8 Å². The summed E-state index contributed by atoms with van der Waals surface area (Å²) in [5.41, 5.74) is 0.547. The van der Waals surface area contributed by atoms with Crippen LogP contribution in [0.2, 0.25) is 0 Å². The van der Waals surface area contributed by atoms with Gasteiger partial charge in [0.05, 0.1) is 6.61 Å². The Hall–Kier alpha value is -1.58. The Morgan fingerprint density at radius 3 is 1.96 bits per heavy atom. The van der Waals surface area contributed by atoms with E-state index in [1.54, 1.807) is 26.0 Å². The minimum absolute atomic E-state index is 0.228. The topological polar surface area (TPSA) is 63.6 Å². The smallest absolute Gasteiger partial charge is 0.331 e. The van der Waals surface area contributed by atoms with Crippen LogP contribution in [0.25, 0.3) is 0 Å². The molecule has 140 valence electrons. The van der Waals surface area contributed by atoms with Crippen molar-refractivity contribution in [3.63, 3.8) is 0 Å². The third-order valence-corrected chi connectivity index (χ3v) is 3.47. The fraction of sp³-hybridized carbons (Fsp3) is 0.700. The molecule has 0 fully saturated rings. The maximum atomic E-state index is 10.8. The van der Waals surface area contributed by atoms with Crippen LogP contribution in [-0.4, -0.2) is 23.7 Å². The molecule has 0 rings (SSSR count). The van der Waals surface area contributed by atoms with E-state index in [-0.39, 0.29) is 5.97 Å². The summed E-state index contributed by atoms with van der Waals surface area (Å²) in [6.07, 6.45) is 14.6. The summed E-state index contributed by atoms with van der Waals surface area (Å²) in [6.45, 7) is 8.45. The maximum absolute atomic E-state index is 10.8. The highest BCUT2D eigenvalue weighted by molar-refractivity contribution is 5.86. The molecule has 24 heavy (non-hydrogen) atoms. The van der Waals surface area contributed by atoms with Gasteiger partial charge < -0.3 is 9.84 Å². The number of carboxylic acids is 1. The van der Waals surface area contributed by atoms with Gasteiger partial charge in [-0.3, -0.25) is 0 Å². The third-order valence-electron chi connectivity index (χ3n) is 3.47. The number of hydrogen-bond donors (Lipinski definition) is 1. The summed E-state index contributed by atoms with van der Waals surface area (Å²) in [5.74, 6) is -0.997. The molecule has 0 amide bonds. The largest absolute Gasteiger partial charge is 0.478 e. The molecule has 0 heterocycles. The first-order chi connectivity index (χ1) is 11.5. The van der Waals surface area contributed by atoms with E-state index in [0.29, 0.717) is 18.6 Å². The van der Waals surface area contributed by atoms with E-state index >= 15 is 0 Å². The van der Waals surface area contributed by atoms with Gasteiger partial charge in [0.15, 0.2) is 0 Å². The molecule has 0 spiro atoms. The predicted octanol–water partition coefficient (Wildman–Crippen LogP) is 5.67. The number of rotatable bonds is 12. The summed E-state index contributed by atoms with van der Waals surface area (Å²) >= 11 is 0. The lowest BCUT2D eigenvalue weighted by atomic mass is 10.1. The van der Waals surface area contributed by atoms with E-state index in [1.807, 2.05) is 0 Å². The van der Waals surface area contributed by atoms with Crippen LogP contribution in [0, 0.1) is 0 Å². The monoisotopic (exact) mass is 340 g/mol. The maximum Gasteiger partial charge on any atom is 0.331 e. The van der Waals surface area contributed by atoms with Gasteiger partial charge >= 0.3 is 11.9 Å². The molecule has 0 saturated carbocycles. The first-order valence-electron chi connectivity index (χ1n) is 9.21. The number of carbonyl (C=O) groups is 2. The third kappa shape index (κ3) is 18.5. The predicted molar refractivity (Wildman–Crippen MR) is 100 cm³/mol. The summed E-state index contributed by atoms with van der Waals surface area (Å²) in [4.78, 5) is 21.3. The molecule has 0 aromatic rings. The molecule has 0 unspecified atom stereocenters. The molecule has 0 aromatic heterocycles. The van der Waals surface area contributed by atoms with E-state index in [9.17, 15) is 9.59 Å². The van der Waals surface area contributed by atoms with Crippen LogP contribution in [-0.2, 0) is 14.3 Å².